The Morgan fingerprint density at radius 2 is 1.50 bits per heavy atom. The highest BCUT2D eigenvalue weighted by atomic mass is 32.2. The minimum Gasteiger partial charge on any atom is -0.224 e. The Balaban J connectivity index is 2.36. The summed E-state index contributed by atoms with van der Waals surface area (Å²) in [5.74, 6) is -0.816. The summed E-state index contributed by atoms with van der Waals surface area (Å²) in [7, 11) is -5.98. The molecule has 0 radical (unpaired) electrons. The predicted octanol–water partition coefficient (Wildman–Crippen LogP) is 2.61. The molecular formula is C16H18FNO4S2. The molecule has 0 saturated carbocycles. The third-order valence-corrected chi connectivity index (χ3v) is 6.92. The number of halogens is 1. The van der Waals surface area contributed by atoms with Crippen LogP contribution in [0.4, 0.5) is 4.39 Å². The van der Waals surface area contributed by atoms with E-state index in [-0.39, 0.29) is 4.90 Å². The van der Waals surface area contributed by atoms with Crippen LogP contribution in [0.5, 0.6) is 0 Å². The third kappa shape index (κ3) is 3.66. The normalized spacial score (nSPS) is 13.9. The van der Waals surface area contributed by atoms with Crippen molar-refractivity contribution in [3.8, 4) is 0 Å². The number of hydrogen-bond donors (Lipinski definition) is 0. The Hall–Kier alpha value is -1.77. The lowest BCUT2D eigenvalue weighted by atomic mass is 10.1. The highest BCUT2D eigenvalue weighted by Crippen LogP contribution is 2.27. The van der Waals surface area contributed by atoms with Crippen LogP contribution in [0, 0.1) is 5.82 Å². The zero-order chi connectivity index (χ0) is 18.1. The first-order chi connectivity index (χ1) is 11.0. The number of sulfone groups is 1. The van der Waals surface area contributed by atoms with E-state index < -0.39 is 36.6 Å². The van der Waals surface area contributed by atoms with Crippen LogP contribution in [0.3, 0.4) is 0 Å². The lowest BCUT2D eigenvalue weighted by molar-refractivity contribution is 0.395. The van der Waals surface area contributed by atoms with Gasteiger partial charge in [-0.25, -0.2) is 21.2 Å². The molecule has 0 saturated heterocycles. The summed E-state index contributed by atoms with van der Waals surface area (Å²) < 4.78 is 63.0. The molecule has 8 heteroatoms. The molecule has 2 aromatic carbocycles. The second-order valence-electron chi connectivity index (χ2n) is 5.47. The Morgan fingerprint density at radius 1 is 0.958 bits per heavy atom. The minimum absolute atomic E-state index is 0.151. The van der Waals surface area contributed by atoms with E-state index in [9.17, 15) is 21.2 Å². The first-order valence-corrected chi connectivity index (χ1v) is 10.4. The van der Waals surface area contributed by atoms with Crippen molar-refractivity contribution in [1.29, 1.82) is 0 Å². The fourth-order valence-corrected chi connectivity index (χ4v) is 4.26. The lowest BCUT2D eigenvalue weighted by Crippen LogP contribution is -2.30. The van der Waals surface area contributed by atoms with Crippen molar-refractivity contribution in [2.24, 2.45) is 0 Å². The summed E-state index contributed by atoms with van der Waals surface area (Å²) >= 11 is 0. The Kier molecular flexibility index (Phi) is 5.12. The van der Waals surface area contributed by atoms with E-state index in [0.717, 1.165) is 16.6 Å². The lowest BCUT2D eigenvalue weighted by Gasteiger charge is -2.25. The van der Waals surface area contributed by atoms with E-state index in [0.29, 0.717) is 5.56 Å². The van der Waals surface area contributed by atoms with Gasteiger partial charge in [-0.05, 0) is 36.8 Å². The van der Waals surface area contributed by atoms with Crippen molar-refractivity contribution >= 4 is 19.9 Å². The molecule has 0 bridgehead atoms. The molecule has 0 aliphatic heterocycles. The molecular weight excluding hydrogens is 353 g/mol. The fourth-order valence-electron chi connectivity index (χ4n) is 2.22. The van der Waals surface area contributed by atoms with Gasteiger partial charge >= 0.3 is 0 Å². The molecule has 0 spiro atoms. The molecule has 5 nitrogen and oxygen atoms in total. The maximum Gasteiger partial charge on any atom is 0.246 e. The van der Waals surface area contributed by atoms with Gasteiger partial charge < -0.3 is 0 Å². The molecule has 0 aliphatic rings. The monoisotopic (exact) mass is 371 g/mol. The number of benzene rings is 2. The second kappa shape index (κ2) is 6.62. The molecule has 0 aromatic heterocycles. The van der Waals surface area contributed by atoms with Gasteiger partial charge in [-0.1, -0.05) is 24.3 Å². The van der Waals surface area contributed by atoms with Gasteiger partial charge in [-0.15, -0.1) is 0 Å². The molecule has 0 fully saturated rings. The van der Waals surface area contributed by atoms with Crippen molar-refractivity contribution in [3.63, 3.8) is 0 Å². The van der Waals surface area contributed by atoms with Gasteiger partial charge in [0.15, 0.2) is 9.84 Å². The van der Waals surface area contributed by atoms with E-state index in [2.05, 4.69) is 0 Å². The van der Waals surface area contributed by atoms with Gasteiger partial charge in [-0.3, -0.25) is 0 Å². The van der Waals surface area contributed by atoms with E-state index in [1.165, 1.54) is 37.4 Å². The molecule has 0 N–H and O–H groups in total. The smallest absolute Gasteiger partial charge is 0.224 e. The molecule has 1 atom stereocenters. The van der Waals surface area contributed by atoms with Crippen molar-refractivity contribution in [3.05, 3.63) is 59.9 Å². The van der Waals surface area contributed by atoms with Crippen molar-refractivity contribution in [1.82, 2.24) is 4.31 Å². The molecule has 130 valence electrons. The number of sulfonamides is 1. The summed E-state index contributed by atoms with van der Waals surface area (Å²) in [4.78, 5) is -0.245. The largest absolute Gasteiger partial charge is 0.246 e. The third-order valence-electron chi connectivity index (χ3n) is 3.83. The van der Waals surface area contributed by atoms with Crippen LogP contribution in [0.2, 0.25) is 0 Å². The summed E-state index contributed by atoms with van der Waals surface area (Å²) in [5, 5.41) is 0. The predicted molar refractivity (Wildman–Crippen MR) is 89.3 cm³/mol. The highest BCUT2D eigenvalue weighted by molar-refractivity contribution is 7.90. The summed E-state index contributed by atoms with van der Waals surface area (Å²) in [6, 6.07) is 10.5. The standard InChI is InChI=1S/C16H18FNO4S2/c1-12(13-8-10-14(11-9-13)23(3,19)20)18(2)24(21,22)16-7-5-4-6-15(16)17/h4-12H,1-3H3. The van der Waals surface area contributed by atoms with Crippen LogP contribution < -0.4 is 0 Å². The van der Waals surface area contributed by atoms with Crippen LogP contribution in [-0.4, -0.2) is 34.4 Å². The van der Waals surface area contributed by atoms with Gasteiger partial charge in [0.2, 0.25) is 10.0 Å². The van der Waals surface area contributed by atoms with E-state index in [4.69, 9.17) is 0 Å². The van der Waals surface area contributed by atoms with Gasteiger partial charge in [0.25, 0.3) is 0 Å². The van der Waals surface area contributed by atoms with Crippen LogP contribution in [0.15, 0.2) is 58.3 Å². The Bertz CT molecular complexity index is 938. The molecule has 2 rings (SSSR count). The Morgan fingerprint density at radius 3 is 2.00 bits per heavy atom. The SMILES string of the molecule is CC(c1ccc(S(C)(=O)=O)cc1)N(C)S(=O)(=O)c1ccccc1F. The average molecular weight is 371 g/mol. The first kappa shape index (κ1) is 18.6. The second-order valence-corrected chi connectivity index (χ2v) is 9.45. The van der Waals surface area contributed by atoms with E-state index in [1.54, 1.807) is 19.1 Å². The molecule has 2 aromatic rings. The topological polar surface area (TPSA) is 71.5 Å². The number of hydrogen-bond acceptors (Lipinski definition) is 4. The molecule has 1 unspecified atom stereocenters. The van der Waals surface area contributed by atoms with Crippen molar-refractivity contribution in [2.45, 2.75) is 22.8 Å². The zero-order valence-corrected chi connectivity index (χ0v) is 15.1. The number of nitrogens with zero attached hydrogens (tertiary/aromatic N) is 1. The van der Waals surface area contributed by atoms with Crippen LogP contribution in [0.1, 0.15) is 18.5 Å². The summed E-state index contributed by atoms with van der Waals surface area (Å²) in [6.45, 7) is 1.65. The average Bonchev–Trinajstić information content (AvgIpc) is 2.53. The number of rotatable bonds is 5. The van der Waals surface area contributed by atoms with Crippen molar-refractivity contribution in [2.75, 3.05) is 13.3 Å². The van der Waals surface area contributed by atoms with Crippen LogP contribution in [-0.2, 0) is 19.9 Å². The molecule has 0 aliphatic carbocycles. The van der Waals surface area contributed by atoms with Crippen LogP contribution >= 0.6 is 0 Å². The van der Waals surface area contributed by atoms with E-state index >= 15 is 0 Å². The van der Waals surface area contributed by atoms with E-state index in [1.807, 2.05) is 0 Å². The molecule has 0 amide bonds. The first-order valence-electron chi connectivity index (χ1n) is 7.07. The molecule has 24 heavy (non-hydrogen) atoms. The maximum atomic E-state index is 13.8. The highest BCUT2D eigenvalue weighted by Gasteiger charge is 2.28. The fraction of sp³-hybridized carbons (Fsp3) is 0.250. The van der Waals surface area contributed by atoms with Gasteiger partial charge in [0.05, 0.1) is 4.90 Å². The zero-order valence-electron chi connectivity index (χ0n) is 13.5. The van der Waals surface area contributed by atoms with Crippen molar-refractivity contribution < 1.29 is 21.2 Å². The summed E-state index contributed by atoms with van der Waals surface area (Å²) in [6.07, 6.45) is 1.10. The maximum absolute atomic E-state index is 13.8. The minimum atomic E-state index is -4.02. The van der Waals surface area contributed by atoms with Gasteiger partial charge in [-0.2, -0.15) is 4.31 Å². The molecule has 0 heterocycles. The summed E-state index contributed by atoms with van der Waals surface area (Å²) in [5.41, 5.74) is 0.602. The Labute approximate surface area is 141 Å². The van der Waals surface area contributed by atoms with Gasteiger partial charge in [0, 0.05) is 19.3 Å². The quantitative estimate of drug-likeness (QED) is 0.810. The van der Waals surface area contributed by atoms with Crippen LogP contribution in [0.25, 0.3) is 0 Å². The van der Waals surface area contributed by atoms with Gasteiger partial charge in [0.1, 0.15) is 10.7 Å².